The van der Waals surface area contributed by atoms with E-state index in [0.717, 1.165) is 41.2 Å². The van der Waals surface area contributed by atoms with Crippen molar-refractivity contribution >= 4 is 21.7 Å². The molecule has 0 aromatic carbocycles. The molecule has 1 aliphatic heterocycles. The van der Waals surface area contributed by atoms with E-state index < -0.39 is 0 Å². The van der Waals surface area contributed by atoms with E-state index in [1.165, 1.54) is 18.5 Å². The predicted molar refractivity (Wildman–Crippen MR) is 99.4 cm³/mol. The molecule has 7 heteroatoms. The van der Waals surface area contributed by atoms with Crippen LogP contribution >= 0.6 is 15.9 Å². The van der Waals surface area contributed by atoms with Crippen LogP contribution in [0.25, 0.3) is 5.78 Å². The molecule has 0 saturated carbocycles. The van der Waals surface area contributed by atoms with E-state index in [2.05, 4.69) is 54.1 Å². The maximum Gasteiger partial charge on any atom is 0.252 e. The molecule has 1 unspecified atom stereocenters. The van der Waals surface area contributed by atoms with E-state index in [0.29, 0.717) is 11.7 Å². The lowest BCUT2D eigenvalue weighted by molar-refractivity contribution is 0.195. The molecule has 0 radical (unpaired) electrons. The molecular formula is C18H21BrN6. The fourth-order valence-electron chi connectivity index (χ4n) is 3.60. The Morgan fingerprint density at radius 1 is 1.24 bits per heavy atom. The lowest BCUT2D eigenvalue weighted by atomic mass is 9.94. The molecule has 1 atom stereocenters. The van der Waals surface area contributed by atoms with Crippen LogP contribution in [-0.4, -0.2) is 42.6 Å². The average molecular weight is 401 g/mol. The van der Waals surface area contributed by atoms with Crippen molar-refractivity contribution in [2.24, 2.45) is 0 Å². The van der Waals surface area contributed by atoms with Crippen LogP contribution < -0.4 is 0 Å². The molecule has 0 amide bonds. The Bertz CT molecular complexity index is 906. The lowest BCUT2D eigenvalue weighted by Gasteiger charge is -2.32. The minimum absolute atomic E-state index is 0.441. The second kappa shape index (κ2) is 6.80. The topological polar surface area (TPSA) is 59.2 Å². The highest BCUT2D eigenvalue weighted by molar-refractivity contribution is 9.10. The van der Waals surface area contributed by atoms with Gasteiger partial charge in [0.2, 0.25) is 0 Å². The number of fused-ring (bicyclic) bond motifs is 1. The normalized spacial score (nSPS) is 18.8. The number of hydrogen-bond donors (Lipinski definition) is 0. The molecule has 25 heavy (non-hydrogen) atoms. The van der Waals surface area contributed by atoms with Crippen molar-refractivity contribution in [2.75, 3.05) is 13.1 Å². The second-order valence-corrected chi connectivity index (χ2v) is 7.59. The summed E-state index contributed by atoms with van der Waals surface area (Å²) in [5, 5.41) is 4.37. The first-order valence-corrected chi connectivity index (χ1v) is 9.41. The van der Waals surface area contributed by atoms with Crippen LogP contribution in [-0.2, 0) is 6.54 Å². The monoisotopic (exact) mass is 400 g/mol. The van der Waals surface area contributed by atoms with Gasteiger partial charge < -0.3 is 0 Å². The minimum atomic E-state index is 0.441. The third-order valence-electron chi connectivity index (χ3n) is 4.80. The summed E-state index contributed by atoms with van der Waals surface area (Å²) in [4.78, 5) is 15.9. The molecule has 1 fully saturated rings. The highest BCUT2D eigenvalue weighted by Gasteiger charge is 2.24. The number of aryl methyl sites for hydroxylation is 2. The average Bonchev–Trinajstić information content (AvgIpc) is 3.06. The minimum Gasteiger partial charge on any atom is -0.297 e. The van der Waals surface area contributed by atoms with Gasteiger partial charge >= 0.3 is 0 Å². The molecule has 3 aromatic heterocycles. The van der Waals surface area contributed by atoms with Gasteiger partial charge in [0.05, 0.1) is 17.1 Å². The number of pyridine rings is 1. The van der Waals surface area contributed by atoms with Crippen LogP contribution in [0.1, 0.15) is 41.5 Å². The molecule has 0 aliphatic carbocycles. The van der Waals surface area contributed by atoms with Crippen LogP contribution in [0.15, 0.2) is 29.0 Å². The Hall–Kier alpha value is -1.86. The zero-order valence-corrected chi connectivity index (χ0v) is 16.1. The Kier molecular flexibility index (Phi) is 4.52. The van der Waals surface area contributed by atoms with Crippen LogP contribution in [0.2, 0.25) is 0 Å². The predicted octanol–water partition coefficient (Wildman–Crippen LogP) is 3.28. The second-order valence-electron chi connectivity index (χ2n) is 6.74. The van der Waals surface area contributed by atoms with Gasteiger partial charge in [-0.05, 0) is 67.4 Å². The summed E-state index contributed by atoms with van der Waals surface area (Å²) >= 11 is 3.52. The number of piperidine rings is 1. The first-order chi connectivity index (χ1) is 12.1. The fourth-order valence-corrected chi connectivity index (χ4v) is 3.82. The van der Waals surface area contributed by atoms with E-state index in [4.69, 9.17) is 4.98 Å². The van der Waals surface area contributed by atoms with Crippen LogP contribution in [0.3, 0.4) is 0 Å². The number of likely N-dealkylation sites (tertiary alicyclic amines) is 1. The number of hydrogen-bond acceptors (Lipinski definition) is 5. The van der Waals surface area contributed by atoms with E-state index in [-0.39, 0.29) is 0 Å². The first kappa shape index (κ1) is 16.6. The molecule has 1 saturated heterocycles. The van der Waals surface area contributed by atoms with Gasteiger partial charge in [-0.15, -0.1) is 0 Å². The number of halogens is 1. The van der Waals surface area contributed by atoms with E-state index >= 15 is 0 Å². The van der Waals surface area contributed by atoms with Gasteiger partial charge in [0.15, 0.2) is 0 Å². The lowest BCUT2D eigenvalue weighted by Crippen LogP contribution is -2.35. The van der Waals surface area contributed by atoms with Gasteiger partial charge in [0.1, 0.15) is 6.33 Å². The maximum absolute atomic E-state index is 4.69. The molecule has 3 aromatic rings. The van der Waals surface area contributed by atoms with Crippen molar-refractivity contribution in [2.45, 2.75) is 39.2 Å². The Labute approximate surface area is 155 Å². The zero-order chi connectivity index (χ0) is 17.4. The molecular weight excluding hydrogens is 380 g/mol. The first-order valence-electron chi connectivity index (χ1n) is 8.62. The van der Waals surface area contributed by atoms with Crippen molar-refractivity contribution < 1.29 is 0 Å². The third kappa shape index (κ3) is 3.43. The summed E-state index contributed by atoms with van der Waals surface area (Å²) in [6.45, 7) is 7.06. The highest BCUT2D eigenvalue weighted by atomic mass is 79.9. The summed E-state index contributed by atoms with van der Waals surface area (Å²) in [7, 11) is 0. The Morgan fingerprint density at radius 2 is 2.12 bits per heavy atom. The molecule has 1 aliphatic rings. The third-order valence-corrected chi connectivity index (χ3v) is 5.63. The van der Waals surface area contributed by atoms with Gasteiger partial charge in [-0.3, -0.25) is 9.88 Å². The smallest absolute Gasteiger partial charge is 0.252 e. The van der Waals surface area contributed by atoms with Crippen LogP contribution in [0, 0.1) is 13.8 Å². The van der Waals surface area contributed by atoms with E-state index in [1.54, 1.807) is 6.33 Å². The standard InChI is InChI=1S/C18H21BrN6/c1-12-8-17(25-18(22-12)20-11-21-25)14-4-3-7-24(9-14)10-15-5-6-16(19)13(2)23-15/h5-6,8,11,14H,3-4,7,9-10H2,1-2H3. The fraction of sp³-hybridized carbons (Fsp3) is 0.444. The molecule has 6 nitrogen and oxygen atoms in total. The Balaban J connectivity index is 1.56. The highest BCUT2D eigenvalue weighted by Crippen LogP contribution is 2.28. The number of nitrogens with zero attached hydrogens (tertiary/aromatic N) is 6. The van der Waals surface area contributed by atoms with Crippen molar-refractivity contribution in [1.82, 2.24) is 29.5 Å². The largest absolute Gasteiger partial charge is 0.297 e. The summed E-state index contributed by atoms with van der Waals surface area (Å²) < 4.78 is 2.96. The maximum atomic E-state index is 4.69. The quantitative estimate of drug-likeness (QED) is 0.674. The van der Waals surface area contributed by atoms with Crippen LogP contribution in [0.5, 0.6) is 0 Å². The molecule has 4 rings (SSSR count). The summed E-state index contributed by atoms with van der Waals surface area (Å²) in [5.74, 6) is 1.13. The number of rotatable bonds is 3. The van der Waals surface area contributed by atoms with Crippen LogP contribution in [0.4, 0.5) is 0 Å². The van der Waals surface area contributed by atoms with Gasteiger partial charge in [0.25, 0.3) is 5.78 Å². The summed E-state index contributed by atoms with van der Waals surface area (Å²) in [6.07, 6.45) is 3.93. The van der Waals surface area contributed by atoms with Crippen molar-refractivity contribution in [1.29, 1.82) is 0 Å². The van der Waals surface area contributed by atoms with Crippen molar-refractivity contribution in [3.05, 3.63) is 51.8 Å². The van der Waals surface area contributed by atoms with Crippen molar-refractivity contribution in [3.8, 4) is 0 Å². The van der Waals surface area contributed by atoms with Gasteiger partial charge in [-0.2, -0.15) is 10.1 Å². The summed E-state index contributed by atoms with van der Waals surface area (Å²) in [6, 6.07) is 6.34. The summed E-state index contributed by atoms with van der Waals surface area (Å²) in [5.41, 5.74) is 4.38. The molecule has 0 bridgehead atoms. The van der Waals surface area contributed by atoms with E-state index in [1.807, 2.05) is 18.4 Å². The SMILES string of the molecule is Cc1cc(C2CCCN(Cc3ccc(Br)c(C)n3)C2)n2ncnc2n1. The van der Waals surface area contributed by atoms with Gasteiger partial charge in [-0.25, -0.2) is 9.50 Å². The molecule has 4 heterocycles. The number of aromatic nitrogens is 5. The van der Waals surface area contributed by atoms with E-state index in [9.17, 15) is 0 Å². The molecule has 130 valence electrons. The Morgan fingerprint density at radius 3 is 2.96 bits per heavy atom. The molecule has 0 spiro atoms. The van der Waals surface area contributed by atoms with Gasteiger partial charge in [-0.1, -0.05) is 0 Å². The molecule has 0 N–H and O–H groups in total. The van der Waals surface area contributed by atoms with Crippen molar-refractivity contribution in [3.63, 3.8) is 0 Å². The zero-order valence-electron chi connectivity index (χ0n) is 14.5. The van der Waals surface area contributed by atoms with Gasteiger partial charge in [0, 0.05) is 29.2 Å².